The van der Waals surface area contributed by atoms with Crippen molar-refractivity contribution in [2.45, 2.75) is 77.7 Å². The summed E-state index contributed by atoms with van der Waals surface area (Å²) in [5.74, 6) is 0.498. The molecule has 1 fully saturated rings. The largest absolute Gasteiger partial charge is 0.353 e. The van der Waals surface area contributed by atoms with Crippen LogP contribution in [0.4, 0.5) is 0 Å². The van der Waals surface area contributed by atoms with Crippen LogP contribution in [-0.2, 0) is 9.59 Å². The van der Waals surface area contributed by atoms with Gasteiger partial charge in [0, 0.05) is 25.0 Å². The normalized spacial score (nSPS) is 17.4. The first-order chi connectivity index (χ1) is 13.1. The van der Waals surface area contributed by atoms with E-state index in [2.05, 4.69) is 26.1 Å². The Morgan fingerprint density at radius 2 is 1.74 bits per heavy atom. The number of nitrogens with one attached hydrogen (secondary N) is 1. The third kappa shape index (κ3) is 6.08. The Balaban J connectivity index is 1.85. The molecule has 1 heterocycles. The second-order valence-corrected chi connectivity index (χ2v) is 7.73. The van der Waals surface area contributed by atoms with E-state index in [4.69, 9.17) is 0 Å². The molecular weight excluding hydrogens is 336 g/mol. The van der Waals surface area contributed by atoms with Gasteiger partial charge in [-0.05, 0) is 37.7 Å². The number of hydrogen-bond donors (Lipinski definition) is 1. The van der Waals surface area contributed by atoms with E-state index in [1.54, 1.807) is 0 Å². The summed E-state index contributed by atoms with van der Waals surface area (Å²) >= 11 is 0. The van der Waals surface area contributed by atoms with Crippen LogP contribution in [0.5, 0.6) is 0 Å². The number of rotatable bonds is 9. The lowest BCUT2D eigenvalue weighted by molar-refractivity contribution is -0.134. The first-order valence-electron chi connectivity index (χ1n) is 10.7. The molecular formula is C23H36N2O2. The molecule has 0 saturated carbocycles. The van der Waals surface area contributed by atoms with Crippen molar-refractivity contribution >= 4 is 11.8 Å². The summed E-state index contributed by atoms with van der Waals surface area (Å²) in [5, 5.41) is 3.24. The zero-order chi connectivity index (χ0) is 19.6. The second kappa shape index (κ2) is 11.1. The van der Waals surface area contributed by atoms with Crippen molar-refractivity contribution in [3.8, 4) is 0 Å². The topological polar surface area (TPSA) is 49.4 Å². The predicted octanol–water partition coefficient (Wildman–Crippen LogP) is 4.50. The van der Waals surface area contributed by atoms with Gasteiger partial charge in [0.25, 0.3) is 0 Å². The third-order valence-electron chi connectivity index (χ3n) is 5.83. The molecule has 27 heavy (non-hydrogen) atoms. The number of carbonyl (C=O) groups is 2. The molecule has 2 rings (SSSR count). The fourth-order valence-electron chi connectivity index (χ4n) is 3.99. The Morgan fingerprint density at radius 3 is 2.30 bits per heavy atom. The smallest absolute Gasteiger partial charge is 0.230 e. The highest BCUT2D eigenvalue weighted by molar-refractivity contribution is 5.84. The third-order valence-corrected chi connectivity index (χ3v) is 5.83. The summed E-state index contributed by atoms with van der Waals surface area (Å²) in [4.78, 5) is 27.5. The summed E-state index contributed by atoms with van der Waals surface area (Å²) in [7, 11) is 0. The maximum Gasteiger partial charge on any atom is 0.230 e. The number of carbonyl (C=O) groups excluding carboxylic acids is 2. The molecule has 0 aliphatic carbocycles. The molecule has 0 aromatic heterocycles. The number of amides is 2. The summed E-state index contributed by atoms with van der Waals surface area (Å²) in [6.45, 7) is 7.80. The highest BCUT2D eigenvalue weighted by Crippen LogP contribution is 2.24. The minimum atomic E-state index is -0.0594. The van der Waals surface area contributed by atoms with Gasteiger partial charge < -0.3 is 10.2 Å². The van der Waals surface area contributed by atoms with Crippen LogP contribution in [0.15, 0.2) is 30.3 Å². The van der Waals surface area contributed by atoms with E-state index in [0.717, 1.165) is 63.6 Å². The maximum absolute atomic E-state index is 13.0. The van der Waals surface area contributed by atoms with E-state index < -0.39 is 0 Å². The molecule has 4 nitrogen and oxygen atoms in total. The highest BCUT2D eigenvalue weighted by Gasteiger charge is 2.29. The highest BCUT2D eigenvalue weighted by atomic mass is 16.2. The van der Waals surface area contributed by atoms with E-state index in [-0.39, 0.29) is 29.7 Å². The lowest BCUT2D eigenvalue weighted by Gasteiger charge is -2.35. The van der Waals surface area contributed by atoms with Gasteiger partial charge in [-0.25, -0.2) is 0 Å². The van der Waals surface area contributed by atoms with Crippen LogP contribution >= 0.6 is 0 Å². The van der Waals surface area contributed by atoms with E-state index in [9.17, 15) is 9.59 Å². The fourth-order valence-corrected chi connectivity index (χ4v) is 3.99. The zero-order valence-corrected chi connectivity index (χ0v) is 17.2. The first kappa shape index (κ1) is 21.5. The van der Waals surface area contributed by atoms with Gasteiger partial charge in [-0.3, -0.25) is 9.59 Å². The molecule has 2 unspecified atom stereocenters. The minimum Gasteiger partial charge on any atom is -0.353 e. The SMILES string of the molecule is CCCCC(CC)C(=O)NC1CCN(C(=O)C(CC)c2ccccc2)CC1. The number of likely N-dealkylation sites (tertiary alicyclic amines) is 1. The Labute approximate surface area is 164 Å². The van der Waals surface area contributed by atoms with Crippen molar-refractivity contribution in [3.05, 3.63) is 35.9 Å². The Hall–Kier alpha value is -1.84. The monoisotopic (exact) mass is 372 g/mol. The molecule has 1 aliphatic rings. The summed E-state index contributed by atoms with van der Waals surface area (Å²) in [6, 6.07) is 10.3. The first-order valence-corrected chi connectivity index (χ1v) is 10.7. The number of piperidine rings is 1. The molecule has 2 atom stereocenters. The van der Waals surface area contributed by atoms with E-state index in [1.807, 2.05) is 35.2 Å². The van der Waals surface area contributed by atoms with Gasteiger partial charge in [-0.15, -0.1) is 0 Å². The minimum absolute atomic E-state index is 0.0594. The summed E-state index contributed by atoms with van der Waals surface area (Å²) < 4.78 is 0. The van der Waals surface area contributed by atoms with Crippen LogP contribution in [0.25, 0.3) is 0 Å². The lowest BCUT2D eigenvalue weighted by atomic mass is 9.93. The molecule has 1 N–H and O–H groups in total. The van der Waals surface area contributed by atoms with Crippen molar-refractivity contribution in [2.24, 2.45) is 5.92 Å². The molecule has 0 bridgehead atoms. The molecule has 150 valence electrons. The average molecular weight is 373 g/mol. The maximum atomic E-state index is 13.0. The van der Waals surface area contributed by atoms with E-state index in [1.165, 1.54) is 0 Å². The van der Waals surface area contributed by atoms with Gasteiger partial charge in [-0.2, -0.15) is 0 Å². The average Bonchev–Trinajstić information content (AvgIpc) is 2.70. The van der Waals surface area contributed by atoms with Gasteiger partial charge in [0.05, 0.1) is 5.92 Å². The summed E-state index contributed by atoms with van der Waals surface area (Å²) in [6.07, 6.45) is 6.64. The molecule has 0 radical (unpaired) electrons. The van der Waals surface area contributed by atoms with Gasteiger partial charge in [0.2, 0.25) is 11.8 Å². The Kier molecular flexibility index (Phi) is 8.83. The Morgan fingerprint density at radius 1 is 1.07 bits per heavy atom. The van der Waals surface area contributed by atoms with Crippen molar-refractivity contribution < 1.29 is 9.59 Å². The fraction of sp³-hybridized carbons (Fsp3) is 0.652. The molecule has 1 aliphatic heterocycles. The van der Waals surface area contributed by atoms with Crippen molar-refractivity contribution in [1.82, 2.24) is 10.2 Å². The number of hydrogen-bond acceptors (Lipinski definition) is 2. The van der Waals surface area contributed by atoms with Crippen molar-refractivity contribution in [3.63, 3.8) is 0 Å². The quantitative estimate of drug-likeness (QED) is 0.694. The zero-order valence-electron chi connectivity index (χ0n) is 17.2. The summed E-state index contributed by atoms with van der Waals surface area (Å²) in [5.41, 5.74) is 1.10. The second-order valence-electron chi connectivity index (χ2n) is 7.73. The van der Waals surface area contributed by atoms with Crippen LogP contribution in [0.1, 0.15) is 77.2 Å². The standard InChI is InChI=1S/C23H36N2O2/c1-4-7-11-18(5-2)22(26)24-20-14-16-25(17-15-20)23(27)21(6-3)19-12-9-8-10-13-19/h8-10,12-13,18,20-21H,4-7,11,14-17H2,1-3H3,(H,24,26). The molecule has 1 saturated heterocycles. The lowest BCUT2D eigenvalue weighted by Crippen LogP contribution is -2.48. The molecule has 4 heteroatoms. The van der Waals surface area contributed by atoms with Gasteiger partial charge in [0.15, 0.2) is 0 Å². The van der Waals surface area contributed by atoms with Gasteiger partial charge in [0.1, 0.15) is 0 Å². The molecule has 1 aromatic rings. The van der Waals surface area contributed by atoms with E-state index >= 15 is 0 Å². The van der Waals surface area contributed by atoms with Crippen LogP contribution in [0.3, 0.4) is 0 Å². The van der Waals surface area contributed by atoms with Gasteiger partial charge in [-0.1, -0.05) is 63.9 Å². The number of benzene rings is 1. The Bertz CT molecular complexity index is 579. The molecule has 0 spiro atoms. The van der Waals surface area contributed by atoms with Crippen LogP contribution < -0.4 is 5.32 Å². The van der Waals surface area contributed by atoms with Crippen LogP contribution in [0.2, 0.25) is 0 Å². The van der Waals surface area contributed by atoms with Gasteiger partial charge >= 0.3 is 0 Å². The number of unbranched alkanes of at least 4 members (excludes halogenated alkanes) is 1. The van der Waals surface area contributed by atoms with E-state index in [0.29, 0.717) is 0 Å². The molecule has 2 amide bonds. The molecule has 1 aromatic carbocycles. The number of nitrogens with zero attached hydrogens (tertiary/aromatic N) is 1. The van der Waals surface area contributed by atoms with Crippen LogP contribution in [-0.4, -0.2) is 35.8 Å². The van der Waals surface area contributed by atoms with Crippen molar-refractivity contribution in [2.75, 3.05) is 13.1 Å². The van der Waals surface area contributed by atoms with Crippen molar-refractivity contribution in [1.29, 1.82) is 0 Å². The van der Waals surface area contributed by atoms with Crippen LogP contribution in [0, 0.1) is 5.92 Å². The predicted molar refractivity (Wildman–Crippen MR) is 111 cm³/mol.